The summed E-state index contributed by atoms with van der Waals surface area (Å²) in [4.78, 5) is 48.1. The number of hydrogen-bond acceptors (Lipinski definition) is 6. The number of aromatic nitrogens is 5. The van der Waals surface area contributed by atoms with Crippen molar-refractivity contribution in [3.63, 3.8) is 0 Å². The second-order valence-electron chi connectivity index (χ2n) is 11.8. The molecule has 0 saturated carbocycles. The normalized spacial score (nSPS) is 14.6. The summed E-state index contributed by atoms with van der Waals surface area (Å²) in [6, 6.07) is 12.6. The van der Waals surface area contributed by atoms with E-state index in [2.05, 4.69) is 26.8 Å². The molecular formula is C31H35N7O4. The molecule has 42 heavy (non-hydrogen) atoms. The highest BCUT2D eigenvalue weighted by molar-refractivity contribution is 6.12. The molecule has 0 unspecified atom stereocenters. The van der Waals surface area contributed by atoms with Gasteiger partial charge in [0.25, 0.3) is 11.5 Å². The zero-order valence-corrected chi connectivity index (χ0v) is 24.5. The molecule has 2 aromatic carbocycles. The van der Waals surface area contributed by atoms with Crippen LogP contribution >= 0.6 is 0 Å². The van der Waals surface area contributed by atoms with Gasteiger partial charge in [-0.2, -0.15) is 5.10 Å². The number of ether oxygens (including phenoxy) is 1. The minimum absolute atomic E-state index is 0.0268. The van der Waals surface area contributed by atoms with E-state index in [0.717, 1.165) is 29.1 Å². The van der Waals surface area contributed by atoms with Crippen molar-refractivity contribution in [2.75, 3.05) is 18.4 Å². The molecule has 3 aromatic heterocycles. The number of benzene rings is 2. The molecule has 0 atom stereocenters. The zero-order chi connectivity index (χ0) is 29.8. The van der Waals surface area contributed by atoms with Crippen LogP contribution in [-0.2, 0) is 11.3 Å². The van der Waals surface area contributed by atoms with Gasteiger partial charge in [-0.05, 0) is 77.8 Å². The van der Waals surface area contributed by atoms with E-state index in [-0.39, 0.29) is 23.5 Å². The maximum Gasteiger partial charge on any atom is 0.410 e. The zero-order valence-electron chi connectivity index (χ0n) is 24.5. The van der Waals surface area contributed by atoms with Crippen molar-refractivity contribution in [2.45, 2.75) is 65.5 Å². The van der Waals surface area contributed by atoms with Crippen LogP contribution < -0.4 is 10.9 Å². The lowest BCUT2D eigenvalue weighted by Crippen LogP contribution is -2.41. The molecule has 1 aliphatic heterocycles. The van der Waals surface area contributed by atoms with E-state index in [1.165, 1.54) is 0 Å². The van der Waals surface area contributed by atoms with Crippen molar-refractivity contribution >= 4 is 45.3 Å². The third-order valence-corrected chi connectivity index (χ3v) is 7.79. The summed E-state index contributed by atoms with van der Waals surface area (Å²) in [6.45, 7) is 11.4. The lowest BCUT2D eigenvalue weighted by molar-refractivity contribution is 0.0203. The van der Waals surface area contributed by atoms with Gasteiger partial charge in [0.2, 0.25) is 0 Å². The van der Waals surface area contributed by atoms with Crippen LogP contribution in [0.25, 0.3) is 27.6 Å². The summed E-state index contributed by atoms with van der Waals surface area (Å²) < 4.78 is 9.40. The van der Waals surface area contributed by atoms with Crippen molar-refractivity contribution in [3.8, 4) is 0 Å². The van der Waals surface area contributed by atoms with Crippen LogP contribution in [0.4, 0.5) is 10.5 Å². The third-order valence-electron chi connectivity index (χ3n) is 7.79. The van der Waals surface area contributed by atoms with E-state index >= 15 is 0 Å². The molecule has 0 radical (unpaired) electrons. The Kier molecular flexibility index (Phi) is 6.75. The van der Waals surface area contributed by atoms with Gasteiger partial charge < -0.3 is 24.5 Å². The molecule has 0 spiro atoms. The van der Waals surface area contributed by atoms with Gasteiger partial charge in [-0.15, -0.1) is 0 Å². The quantitative estimate of drug-likeness (QED) is 0.306. The fourth-order valence-corrected chi connectivity index (χ4v) is 5.85. The number of anilines is 1. The van der Waals surface area contributed by atoms with Gasteiger partial charge >= 0.3 is 6.09 Å². The lowest BCUT2D eigenvalue weighted by atomic mass is 9.93. The largest absolute Gasteiger partial charge is 0.444 e. The number of H-pyrrole nitrogens is 1. The molecule has 218 valence electrons. The summed E-state index contributed by atoms with van der Waals surface area (Å²) in [6.07, 6.45) is 1.02. The first-order valence-corrected chi connectivity index (χ1v) is 14.3. The standard InChI is InChI=1S/C31H35N7O4/c1-6-37-18(2)32-23-16-20(10-11-24(23)37)29(40)33-21-8-7-9-22-27(21)28-34-26(39)17-25(38(28)35-22)19-12-14-36(15-13-19)30(41)42-31(3,4)5/h7-11,16-17,19H,6,12-15H2,1-5H3,(H,33,40)(H,34,39). The molecule has 11 heteroatoms. The Morgan fingerprint density at radius 1 is 1.10 bits per heavy atom. The highest BCUT2D eigenvalue weighted by Gasteiger charge is 2.29. The Morgan fingerprint density at radius 3 is 2.57 bits per heavy atom. The topological polar surface area (TPSA) is 127 Å². The van der Waals surface area contributed by atoms with Gasteiger partial charge in [-0.1, -0.05) is 6.07 Å². The number of carbonyl (C=O) groups is 2. The third kappa shape index (κ3) is 4.99. The van der Waals surface area contributed by atoms with E-state index in [0.29, 0.717) is 53.7 Å². The summed E-state index contributed by atoms with van der Waals surface area (Å²) in [5.41, 5.74) is 3.93. The van der Waals surface area contributed by atoms with Crippen molar-refractivity contribution in [1.29, 1.82) is 0 Å². The van der Waals surface area contributed by atoms with E-state index < -0.39 is 5.60 Å². The molecule has 0 bridgehead atoms. The van der Waals surface area contributed by atoms with Crippen molar-refractivity contribution < 1.29 is 14.3 Å². The molecule has 2 N–H and O–H groups in total. The fourth-order valence-electron chi connectivity index (χ4n) is 5.85. The highest BCUT2D eigenvalue weighted by atomic mass is 16.6. The summed E-state index contributed by atoms with van der Waals surface area (Å²) in [5.74, 6) is 0.649. The number of aromatic amines is 1. The predicted octanol–water partition coefficient (Wildman–Crippen LogP) is 5.22. The Morgan fingerprint density at radius 2 is 1.86 bits per heavy atom. The molecule has 5 aromatic rings. The average Bonchev–Trinajstić information content (AvgIpc) is 3.48. The molecule has 2 amide bonds. The Labute approximate surface area is 242 Å². The van der Waals surface area contributed by atoms with E-state index in [4.69, 9.17) is 9.84 Å². The van der Waals surface area contributed by atoms with Gasteiger partial charge in [0.15, 0.2) is 0 Å². The molecule has 0 aliphatic carbocycles. The predicted molar refractivity (Wildman–Crippen MR) is 161 cm³/mol. The number of fused-ring (bicyclic) bond motifs is 4. The second kappa shape index (κ2) is 10.3. The van der Waals surface area contributed by atoms with Crippen LogP contribution in [0.2, 0.25) is 0 Å². The van der Waals surface area contributed by atoms with E-state index in [1.807, 2.05) is 45.9 Å². The summed E-state index contributed by atoms with van der Waals surface area (Å²) in [5, 5.41) is 8.50. The maximum absolute atomic E-state index is 13.4. The lowest BCUT2D eigenvalue weighted by Gasteiger charge is -2.33. The van der Waals surface area contributed by atoms with Crippen LogP contribution in [0, 0.1) is 6.92 Å². The average molecular weight is 570 g/mol. The van der Waals surface area contributed by atoms with Crippen LogP contribution in [0.3, 0.4) is 0 Å². The maximum atomic E-state index is 13.4. The second-order valence-corrected chi connectivity index (χ2v) is 11.8. The van der Waals surface area contributed by atoms with Crippen LogP contribution in [0.5, 0.6) is 0 Å². The molecule has 1 saturated heterocycles. The number of piperidine rings is 1. The van der Waals surface area contributed by atoms with Gasteiger partial charge in [-0.3, -0.25) is 9.59 Å². The Hall–Kier alpha value is -4.67. The van der Waals surface area contributed by atoms with Gasteiger partial charge in [-0.25, -0.2) is 14.3 Å². The number of carbonyl (C=O) groups excluding carboxylic acids is 2. The van der Waals surface area contributed by atoms with E-state index in [1.54, 1.807) is 33.7 Å². The highest BCUT2D eigenvalue weighted by Crippen LogP contribution is 2.32. The van der Waals surface area contributed by atoms with Crippen LogP contribution in [0.15, 0.2) is 47.3 Å². The minimum atomic E-state index is -0.557. The molecule has 1 fully saturated rings. The number of amides is 2. The van der Waals surface area contributed by atoms with Gasteiger partial charge in [0, 0.05) is 37.2 Å². The van der Waals surface area contributed by atoms with Crippen molar-refractivity contribution in [1.82, 2.24) is 29.0 Å². The first-order valence-electron chi connectivity index (χ1n) is 14.3. The molecular weight excluding hydrogens is 534 g/mol. The van der Waals surface area contributed by atoms with Gasteiger partial charge in [0.05, 0.1) is 33.3 Å². The number of nitrogens with one attached hydrogen (secondary N) is 2. The summed E-state index contributed by atoms with van der Waals surface area (Å²) >= 11 is 0. The van der Waals surface area contributed by atoms with Crippen molar-refractivity contribution in [2.24, 2.45) is 0 Å². The number of imidazole rings is 1. The number of hydrogen-bond donors (Lipinski definition) is 2. The Bertz CT molecular complexity index is 1900. The number of nitrogens with zero attached hydrogens (tertiary/aromatic N) is 5. The smallest absolute Gasteiger partial charge is 0.410 e. The first-order chi connectivity index (χ1) is 20.0. The molecule has 4 heterocycles. The SMILES string of the molecule is CCn1c(C)nc2cc(C(=O)Nc3cccc4nn5c(C6CCN(C(=O)OC(C)(C)C)CC6)cc(=O)[nH]c5c34)ccc21. The van der Waals surface area contributed by atoms with E-state index in [9.17, 15) is 14.4 Å². The van der Waals surface area contributed by atoms with Crippen molar-refractivity contribution in [3.05, 3.63) is 69.9 Å². The number of likely N-dealkylation sites (tertiary alicyclic amines) is 1. The van der Waals surface area contributed by atoms with Gasteiger partial charge in [0.1, 0.15) is 17.1 Å². The monoisotopic (exact) mass is 569 g/mol. The number of aryl methyl sites for hydroxylation is 2. The van der Waals surface area contributed by atoms with Crippen LogP contribution in [0.1, 0.15) is 68.3 Å². The fraction of sp³-hybridized carbons (Fsp3) is 0.387. The molecule has 11 nitrogen and oxygen atoms in total. The minimum Gasteiger partial charge on any atom is -0.444 e. The molecule has 6 rings (SSSR count). The molecule has 1 aliphatic rings. The first kappa shape index (κ1) is 27.5. The Balaban J connectivity index is 1.30. The summed E-state index contributed by atoms with van der Waals surface area (Å²) in [7, 11) is 0. The van der Waals surface area contributed by atoms with Crippen LogP contribution in [-0.4, -0.2) is 59.7 Å². The number of rotatable bonds is 4.